The zero-order chi connectivity index (χ0) is 20.6. The first-order chi connectivity index (χ1) is 14.1. The van der Waals surface area contributed by atoms with E-state index in [-0.39, 0.29) is 0 Å². The number of amides is 3. The van der Waals surface area contributed by atoms with Gasteiger partial charge in [0, 0.05) is 6.54 Å². The molecule has 9 heteroatoms. The molecule has 8 nitrogen and oxygen atoms in total. The Morgan fingerprint density at radius 2 is 1.86 bits per heavy atom. The second kappa shape index (κ2) is 9.74. The van der Waals surface area contributed by atoms with Crippen molar-refractivity contribution in [1.82, 2.24) is 25.4 Å². The number of nitrogens with one attached hydrogen (secondary N) is 2. The monoisotopic (exact) mass is 411 g/mol. The van der Waals surface area contributed by atoms with Gasteiger partial charge < -0.3 is 10.1 Å². The molecular formula is C20H21N5O3S. The highest BCUT2D eigenvalue weighted by Gasteiger charge is 2.21. The van der Waals surface area contributed by atoms with Crippen molar-refractivity contribution < 1.29 is 14.3 Å². The van der Waals surface area contributed by atoms with Gasteiger partial charge in [-0.3, -0.25) is 14.7 Å². The summed E-state index contributed by atoms with van der Waals surface area (Å²) in [6.07, 6.45) is 1.55. The number of urea groups is 1. The van der Waals surface area contributed by atoms with Gasteiger partial charge in [0.2, 0.25) is 5.91 Å². The summed E-state index contributed by atoms with van der Waals surface area (Å²) in [5.74, 6) is 0.238. The van der Waals surface area contributed by atoms with Gasteiger partial charge >= 0.3 is 6.03 Å². The van der Waals surface area contributed by atoms with Crippen LogP contribution in [0.2, 0.25) is 0 Å². The molecule has 29 heavy (non-hydrogen) atoms. The molecule has 0 spiro atoms. The van der Waals surface area contributed by atoms with Crippen molar-refractivity contribution >= 4 is 23.7 Å². The van der Waals surface area contributed by atoms with E-state index in [4.69, 9.17) is 4.74 Å². The zero-order valence-electron chi connectivity index (χ0n) is 16.0. The summed E-state index contributed by atoms with van der Waals surface area (Å²) >= 11 is 1.20. The van der Waals surface area contributed by atoms with Crippen LogP contribution < -0.4 is 15.4 Å². The number of para-hydroxylation sites is 2. The molecule has 1 heterocycles. The molecule has 0 bridgehead atoms. The summed E-state index contributed by atoms with van der Waals surface area (Å²) in [4.78, 5) is 24.4. The molecule has 2 aromatic carbocycles. The van der Waals surface area contributed by atoms with Gasteiger partial charge in [-0.05, 0) is 24.6 Å². The predicted octanol–water partition coefficient (Wildman–Crippen LogP) is 2.78. The van der Waals surface area contributed by atoms with Crippen LogP contribution in [0, 0.1) is 0 Å². The lowest BCUT2D eigenvalue weighted by Crippen LogP contribution is -2.42. The Kier molecular flexibility index (Phi) is 6.85. The number of ether oxygens (including phenoxy) is 1. The van der Waals surface area contributed by atoms with Crippen LogP contribution in [0.5, 0.6) is 5.75 Å². The zero-order valence-corrected chi connectivity index (χ0v) is 16.8. The summed E-state index contributed by atoms with van der Waals surface area (Å²) in [5, 5.41) is 13.0. The highest BCUT2D eigenvalue weighted by Crippen LogP contribution is 2.28. The third kappa shape index (κ3) is 5.35. The Hall–Kier alpha value is -3.33. The standard InChI is InChI=1S/C20H21N5O3S/c1-14(18(26)23-19(27)21-12-15-8-4-3-5-9-15)29-20-24-22-13-25(20)16-10-6-7-11-17(16)28-2/h3-11,13-14H,12H2,1-2H3,(H2,21,23,26,27). The number of carbonyl (C=O) groups excluding carboxylic acids is 2. The predicted molar refractivity (Wildman–Crippen MR) is 110 cm³/mol. The van der Waals surface area contributed by atoms with Crippen molar-refractivity contribution in [3.63, 3.8) is 0 Å². The minimum atomic E-state index is -0.560. The normalized spacial score (nSPS) is 11.5. The van der Waals surface area contributed by atoms with Gasteiger partial charge in [0.1, 0.15) is 12.1 Å². The summed E-state index contributed by atoms with van der Waals surface area (Å²) < 4.78 is 7.11. The molecule has 3 aromatic rings. The van der Waals surface area contributed by atoms with E-state index in [0.717, 1.165) is 11.3 Å². The number of aromatic nitrogens is 3. The molecule has 1 aromatic heterocycles. The van der Waals surface area contributed by atoms with E-state index in [1.807, 2.05) is 54.6 Å². The van der Waals surface area contributed by atoms with Gasteiger partial charge in [-0.1, -0.05) is 54.2 Å². The third-order valence-corrected chi connectivity index (χ3v) is 5.10. The molecule has 1 atom stereocenters. The number of hydrogen-bond donors (Lipinski definition) is 2. The van der Waals surface area contributed by atoms with Crippen LogP contribution in [-0.2, 0) is 11.3 Å². The molecule has 0 aliphatic heterocycles. The maximum Gasteiger partial charge on any atom is 0.321 e. The highest BCUT2D eigenvalue weighted by atomic mass is 32.2. The first-order valence-corrected chi connectivity index (χ1v) is 9.79. The lowest BCUT2D eigenvalue weighted by molar-refractivity contribution is -0.119. The van der Waals surface area contributed by atoms with E-state index in [1.54, 1.807) is 24.9 Å². The Labute approximate surface area is 172 Å². The SMILES string of the molecule is COc1ccccc1-n1cnnc1SC(C)C(=O)NC(=O)NCc1ccccc1. The Morgan fingerprint density at radius 3 is 2.62 bits per heavy atom. The van der Waals surface area contributed by atoms with Gasteiger partial charge in [-0.2, -0.15) is 0 Å². The summed E-state index contributed by atoms with van der Waals surface area (Å²) in [5.41, 5.74) is 1.71. The van der Waals surface area contributed by atoms with E-state index in [0.29, 0.717) is 17.5 Å². The first kappa shape index (κ1) is 20.4. The summed E-state index contributed by atoms with van der Waals surface area (Å²) in [6, 6.07) is 16.4. The van der Waals surface area contributed by atoms with Gasteiger partial charge in [0.05, 0.1) is 18.0 Å². The van der Waals surface area contributed by atoms with Crippen LogP contribution in [0.25, 0.3) is 5.69 Å². The second-order valence-electron chi connectivity index (χ2n) is 6.07. The van der Waals surface area contributed by atoms with Gasteiger partial charge in [0.15, 0.2) is 5.16 Å². The number of methoxy groups -OCH3 is 1. The van der Waals surface area contributed by atoms with E-state index in [2.05, 4.69) is 20.8 Å². The third-order valence-electron chi connectivity index (χ3n) is 4.05. The minimum Gasteiger partial charge on any atom is -0.495 e. The van der Waals surface area contributed by atoms with Crippen LogP contribution in [0.3, 0.4) is 0 Å². The fourth-order valence-corrected chi connectivity index (χ4v) is 3.38. The van der Waals surface area contributed by atoms with Gasteiger partial charge in [-0.25, -0.2) is 4.79 Å². The first-order valence-electron chi connectivity index (χ1n) is 8.91. The van der Waals surface area contributed by atoms with Gasteiger partial charge in [-0.15, -0.1) is 10.2 Å². The topological polar surface area (TPSA) is 98.1 Å². The number of rotatable bonds is 7. The van der Waals surface area contributed by atoms with Crippen molar-refractivity contribution in [2.24, 2.45) is 0 Å². The molecule has 0 saturated heterocycles. The smallest absolute Gasteiger partial charge is 0.321 e. The van der Waals surface area contributed by atoms with Crippen LogP contribution in [0.1, 0.15) is 12.5 Å². The Bertz CT molecular complexity index is 977. The molecule has 3 amide bonds. The Morgan fingerprint density at radius 1 is 1.14 bits per heavy atom. The number of hydrogen-bond acceptors (Lipinski definition) is 6. The highest BCUT2D eigenvalue weighted by molar-refractivity contribution is 8.00. The molecule has 0 aliphatic rings. The molecule has 2 N–H and O–H groups in total. The van der Waals surface area contributed by atoms with Crippen molar-refractivity contribution in [2.45, 2.75) is 23.9 Å². The quantitative estimate of drug-likeness (QED) is 0.580. The lowest BCUT2D eigenvalue weighted by Gasteiger charge is -2.14. The molecule has 0 aliphatic carbocycles. The fourth-order valence-electron chi connectivity index (χ4n) is 2.55. The maximum absolute atomic E-state index is 12.4. The molecule has 0 fully saturated rings. The number of imide groups is 1. The average molecular weight is 411 g/mol. The van der Waals surface area contributed by atoms with Crippen LogP contribution in [0.15, 0.2) is 66.1 Å². The van der Waals surface area contributed by atoms with E-state index >= 15 is 0 Å². The maximum atomic E-state index is 12.4. The van der Waals surface area contributed by atoms with Gasteiger partial charge in [0.25, 0.3) is 0 Å². The Balaban J connectivity index is 1.59. The van der Waals surface area contributed by atoms with E-state index in [9.17, 15) is 9.59 Å². The number of nitrogens with zero attached hydrogens (tertiary/aromatic N) is 3. The summed E-state index contributed by atoms with van der Waals surface area (Å²) in [7, 11) is 1.58. The molecular weight excluding hydrogens is 390 g/mol. The van der Waals surface area contributed by atoms with Crippen molar-refractivity contribution in [3.8, 4) is 11.4 Å². The number of benzene rings is 2. The number of carbonyl (C=O) groups is 2. The van der Waals surface area contributed by atoms with Crippen molar-refractivity contribution in [2.75, 3.05) is 7.11 Å². The lowest BCUT2D eigenvalue weighted by atomic mass is 10.2. The fraction of sp³-hybridized carbons (Fsp3) is 0.200. The van der Waals surface area contributed by atoms with E-state index in [1.165, 1.54) is 11.8 Å². The molecule has 0 radical (unpaired) electrons. The average Bonchev–Trinajstić information content (AvgIpc) is 3.20. The molecule has 1 unspecified atom stereocenters. The van der Waals surface area contributed by atoms with Crippen molar-refractivity contribution in [3.05, 3.63) is 66.5 Å². The van der Waals surface area contributed by atoms with E-state index < -0.39 is 17.2 Å². The number of thioether (sulfide) groups is 1. The van der Waals surface area contributed by atoms with Crippen LogP contribution >= 0.6 is 11.8 Å². The van der Waals surface area contributed by atoms with Crippen LogP contribution in [0.4, 0.5) is 4.79 Å². The molecule has 150 valence electrons. The van der Waals surface area contributed by atoms with Crippen LogP contribution in [-0.4, -0.2) is 39.1 Å². The minimum absolute atomic E-state index is 0.337. The molecule has 0 saturated carbocycles. The largest absolute Gasteiger partial charge is 0.495 e. The summed E-state index contributed by atoms with van der Waals surface area (Å²) in [6.45, 7) is 2.04. The van der Waals surface area contributed by atoms with Crippen molar-refractivity contribution in [1.29, 1.82) is 0 Å². The second-order valence-corrected chi connectivity index (χ2v) is 7.38. The molecule has 3 rings (SSSR count).